The fraction of sp³-hybridized carbons (Fsp3) is 0.350. The van der Waals surface area contributed by atoms with E-state index in [0.717, 1.165) is 21.9 Å². The minimum absolute atomic E-state index is 0.00223. The number of aryl methyl sites for hydroxylation is 2. The van der Waals surface area contributed by atoms with Crippen LogP contribution in [0.3, 0.4) is 0 Å². The molecule has 8 heteroatoms. The lowest BCUT2D eigenvalue weighted by Crippen LogP contribution is -2.42. The van der Waals surface area contributed by atoms with Gasteiger partial charge in [0.25, 0.3) is 0 Å². The first-order valence-electron chi connectivity index (χ1n) is 8.77. The van der Waals surface area contributed by atoms with Gasteiger partial charge in [0.15, 0.2) is 0 Å². The van der Waals surface area contributed by atoms with Crippen LogP contribution in [0.1, 0.15) is 23.1 Å². The number of furan rings is 1. The van der Waals surface area contributed by atoms with Crippen molar-refractivity contribution in [1.82, 2.24) is 5.32 Å². The summed E-state index contributed by atoms with van der Waals surface area (Å²) in [5.41, 5.74) is 2.73. The maximum absolute atomic E-state index is 12.4. The van der Waals surface area contributed by atoms with E-state index in [-0.39, 0.29) is 18.6 Å². The van der Waals surface area contributed by atoms with Crippen molar-refractivity contribution in [2.24, 2.45) is 0 Å². The van der Waals surface area contributed by atoms with Gasteiger partial charge in [-0.05, 0) is 43.7 Å². The molecule has 0 saturated carbocycles. The van der Waals surface area contributed by atoms with Crippen molar-refractivity contribution in [3.05, 3.63) is 45.5 Å². The van der Waals surface area contributed by atoms with Crippen LogP contribution in [-0.4, -0.2) is 35.0 Å². The number of hydrogen-bond acceptors (Lipinski definition) is 6. The predicted molar refractivity (Wildman–Crippen MR) is 108 cm³/mol. The lowest BCUT2D eigenvalue weighted by Gasteiger charge is -2.13. The third kappa shape index (κ3) is 3.91. The van der Waals surface area contributed by atoms with Crippen LogP contribution in [0.2, 0.25) is 0 Å². The summed E-state index contributed by atoms with van der Waals surface area (Å²) in [7, 11) is 0. The Morgan fingerprint density at radius 3 is 2.64 bits per heavy atom. The quantitative estimate of drug-likeness (QED) is 0.584. The maximum atomic E-state index is 12.4. The zero-order chi connectivity index (χ0) is 20.4. The molecule has 148 valence electrons. The Labute approximate surface area is 165 Å². The van der Waals surface area contributed by atoms with Crippen molar-refractivity contribution in [3.63, 3.8) is 0 Å². The second-order valence-corrected chi connectivity index (χ2v) is 7.58. The molecule has 0 saturated heterocycles. The molecule has 1 aromatic carbocycles. The van der Waals surface area contributed by atoms with E-state index in [9.17, 15) is 14.4 Å². The zero-order valence-corrected chi connectivity index (χ0v) is 16.6. The minimum Gasteiger partial charge on any atom is -0.480 e. The number of fused-ring (bicyclic) bond motifs is 2. The van der Waals surface area contributed by atoms with E-state index in [4.69, 9.17) is 13.9 Å². The summed E-state index contributed by atoms with van der Waals surface area (Å²) in [6.07, 6.45) is 3.59. The molecule has 7 nitrogen and oxygen atoms in total. The number of benzene rings is 1. The second-order valence-electron chi connectivity index (χ2n) is 6.67. The molecule has 1 atom stereocenters. The summed E-state index contributed by atoms with van der Waals surface area (Å²) in [5.74, 6) is -1.22. The van der Waals surface area contributed by atoms with Crippen LogP contribution in [0.4, 0.5) is 0 Å². The number of thioether (sulfide) groups is 1. The van der Waals surface area contributed by atoms with E-state index in [1.807, 2.05) is 19.9 Å². The number of rotatable bonds is 7. The number of carboxylic acids is 1. The standard InChI is InChI=1S/C20H21NO6S/c1-10-8-26-16-7-17-14(6-13(10)16)11(2)12(20(25)27-17)4-5-18(22)21-15(9-28-3)19(23)24/h6-8,15H,4-5,9H2,1-3H3,(H,21,22)(H,23,24). The largest absolute Gasteiger partial charge is 0.480 e. The van der Waals surface area contributed by atoms with Gasteiger partial charge >= 0.3 is 11.6 Å². The van der Waals surface area contributed by atoms with E-state index >= 15 is 0 Å². The average Bonchev–Trinajstić information content (AvgIpc) is 3.00. The summed E-state index contributed by atoms with van der Waals surface area (Å²) in [6.45, 7) is 3.76. The van der Waals surface area contributed by atoms with Crippen molar-refractivity contribution < 1.29 is 23.5 Å². The van der Waals surface area contributed by atoms with Gasteiger partial charge in [-0.1, -0.05) is 0 Å². The summed E-state index contributed by atoms with van der Waals surface area (Å²) < 4.78 is 10.9. The lowest BCUT2D eigenvalue weighted by molar-refractivity contribution is -0.141. The van der Waals surface area contributed by atoms with E-state index in [2.05, 4.69) is 5.32 Å². The molecule has 28 heavy (non-hydrogen) atoms. The summed E-state index contributed by atoms with van der Waals surface area (Å²) in [4.78, 5) is 35.7. The number of hydrogen-bond donors (Lipinski definition) is 2. The van der Waals surface area contributed by atoms with Gasteiger partial charge in [-0.25, -0.2) is 9.59 Å². The highest BCUT2D eigenvalue weighted by atomic mass is 32.2. The van der Waals surface area contributed by atoms with Crippen molar-refractivity contribution in [2.75, 3.05) is 12.0 Å². The molecule has 3 rings (SSSR count). The zero-order valence-electron chi connectivity index (χ0n) is 15.8. The molecule has 1 amide bonds. The topological polar surface area (TPSA) is 110 Å². The maximum Gasteiger partial charge on any atom is 0.339 e. The molecular formula is C20H21NO6S. The van der Waals surface area contributed by atoms with E-state index in [0.29, 0.717) is 16.7 Å². The molecule has 2 heterocycles. The molecule has 2 aromatic heterocycles. The molecule has 0 bridgehead atoms. The Balaban J connectivity index is 1.85. The highest BCUT2D eigenvalue weighted by Gasteiger charge is 2.20. The number of aliphatic carboxylic acids is 1. The van der Waals surface area contributed by atoms with Crippen LogP contribution in [0.25, 0.3) is 21.9 Å². The van der Waals surface area contributed by atoms with Crippen molar-refractivity contribution in [3.8, 4) is 0 Å². The third-order valence-corrected chi connectivity index (χ3v) is 5.41. The lowest BCUT2D eigenvalue weighted by atomic mass is 10.0. The van der Waals surface area contributed by atoms with Gasteiger partial charge in [0.05, 0.1) is 6.26 Å². The van der Waals surface area contributed by atoms with Crippen LogP contribution in [0, 0.1) is 13.8 Å². The SMILES string of the molecule is CSCC(NC(=O)CCc1c(C)c2cc3c(C)coc3cc2oc1=O)C(=O)O. The molecule has 0 radical (unpaired) electrons. The molecule has 0 aliphatic rings. The van der Waals surface area contributed by atoms with E-state index in [1.165, 1.54) is 11.8 Å². The second kappa shape index (κ2) is 8.10. The van der Waals surface area contributed by atoms with Gasteiger partial charge in [0, 0.05) is 34.6 Å². The Morgan fingerprint density at radius 2 is 1.96 bits per heavy atom. The monoisotopic (exact) mass is 403 g/mol. The average molecular weight is 403 g/mol. The molecule has 0 aliphatic heterocycles. The number of carbonyl (C=O) groups is 2. The van der Waals surface area contributed by atoms with Gasteiger partial charge in [-0.15, -0.1) is 0 Å². The first kappa shape index (κ1) is 20.0. The minimum atomic E-state index is -1.08. The number of nitrogens with one attached hydrogen (secondary N) is 1. The highest BCUT2D eigenvalue weighted by Crippen LogP contribution is 2.29. The Kier molecular flexibility index (Phi) is 5.79. The first-order valence-corrected chi connectivity index (χ1v) is 10.2. The van der Waals surface area contributed by atoms with Crippen LogP contribution in [0.15, 0.2) is 32.0 Å². The van der Waals surface area contributed by atoms with Crippen molar-refractivity contribution in [2.45, 2.75) is 32.7 Å². The van der Waals surface area contributed by atoms with Crippen molar-refractivity contribution >= 4 is 45.6 Å². The molecule has 3 aromatic rings. The molecule has 0 spiro atoms. The molecule has 1 unspecified atom stereocenters. The van der Waals surface area contributed by atoms with Crippen LogP contribution in [-0.2, 0) is 16.0 Å². The fourth-order valence-corrected chi connectivity index (χ4v) is 3.73. The summed E-state index contributed by atoms with van der Waals surface area (Å²) in [5, 5.41) is 13.4. The Bertz CT molecular complexity index is 1110. The number of carboxylic acid groups (broad SMARTS) is 1. The Hall–Kier alpha value is -2.74. The number of carbonyl (C=O) groups excluding carboxylic acids is 1. The van der Waals surface area contributed by atoms with Crippen molar-refractivity contribution in [1.29, 1.82) is 0 Å². The van der Waals surface area contributed by atoms with Gasteiger partial charge in [-0.3, -0.25) is 4.79 Å². The smallest absolute Gasteiger partial charge is 0.339 e. The summed E-state index contributed by atoms with van der Waals surface area (Å²) >= 11 is 1.34. The van der Waals surface area contributed by atoms with Crippen LogP contribution in [0.5, 0.6) is 0 Å². The van der Waals surface area contributed by atoms with Gasteiger partial charge < -0.3 is 19.3 Å². The van der Waals surface area contributed by atoms with E-state index in [1.54, 1.807) is 18.6 Å². The third-order valence-electron chi connectivity index (χ3n) is 4.74. The normalized spacial score (nSPS) is 12.4. The summed E-state index contributed by atoms with van der Waals surface area (Å²) in [6, 6.07) is 2.67. The van der Waals surface area contributed by atoms with Gasteiger partial charge in [0.1, 0.15) is 17.2 Å². The molecular weight excluding hydrogens is 382 g/mol. The molecule has 2 N–H and O–H groups in total. The Morgan fingerprint density at radius 1 is 1.21 bits per heavy atom. The molecule has 0 aliphatic carbocycles. The number of amides is 1. The predicted octanol–water partition coefficient (Wildman–Crippen LogP) is 3.02. The van der Waals surface area contributed by atoms with Crippen LogP contribution < -0.4 is 10.9 Å². The van der Waals surface area contributed by atoms with Crippen LogP contribution >= 0.6 is 11.8 Å². The highest BCUT2D eigenvalue weighted by molar-refractivity contribution is 7.98. The fourth-order valence-electron chi connectivity index (χ4n) is 3.17. The molecule has 0 fully saturated rings. The first-order chi connectivity index (χ1) is 13.3. The van der Waals surface area contributed by atoms with Gasteiger partial charge in [0.2, 0.25) is 5.91 Å². The van der Waals surface area contributed by atoms with E-state index < -0.39 is 23.5 Å². The van der Waals surface area contributed by atoms with Gasteiger partial charge in [-0.2, -0.15) is 11.8 Å².